The van der Waals surface area contributed by atoms with E-state index >= 15 is 0 Å². The first-order valence-corrected chi connectivity index (χ1v) is 7.16. The Morgan fingerprint density at radius 2 is 2.17 bits per heavy atom. The second-order valence-electron chi connectivity index (χ2n) is 5.90. The third-order valence-electron chi connectivity index (χ3n) is 4.20. The van der Waals surface area contributed by atoms with Gasteiger partial charge in [-0.3, -0.25) is 0 Å². The van der Waals surface area contributed by atoms with Crippen molar-refractivity contribution in [1.82, 2.24) is 0 Å². The van der Waals surface area contributed by atoms with Crippen molar-refractivity contribution in [2.45, 2.75) is 33.6 Å². The lowest BCUT2D eigenvalue weighted by atomic mass is 9.95. The number of rotatable bonds is 4. The smallest absolute Gasteiger partial charge is 0.0396 e. The van der Waals surface area contributed by atoms with Crippen molar-refractivity contribution >= 4 is 5.69 Å². The van der Waals surface area contributed by atoms with Crippen LogP contribution in [0.4, 0.5) is 5.69 Å². The Morgan fingerprint density at radius 3 is 2.72 bits per heavy atom. The molecular weight excluding hydrogens is 220 g/mol. The van der Waals surface area contributed by atoms with Crippen LogP contribution in [0, 0.1) is 18.8 Å². The van der Waals surface area contributed by atoms with E-state index in [-0.39, 0.29) is 0 Å². The van der Waals surface area contributed by atoms with E-state index in [1.54, 1.807) is 0 Å². The maximum Gasteiger partial charge on any atom is 0.0396 e. The Morgan fingerprint density at radius 1 is 1.39 bits per heavy atom. The van der Waals surface area contributed by atoms with Gasteiger partial charge in [0.15, 0.2) is 0 Å². The van der Waals surface area contributed by atoms with Crippen molar-refractivity contribution in [1.29, 1.82) is 0 Å². The first-order chi connectivity index (χ1) is 8.61. The minimum Gasteiger partial charge on any atom is -0.371 e. The van der Waals surface area contributed by atoms with Crippen LogP contribution in [-0.4, -0.2) is 19.6 Å². The highest BCUT2D eigenvalue weighted by Crippen LogP contribution is 2.30. The van der Waals surface area contributed by atoms with E-state index in [1.807, 2.05) is 0 Å². The zero-order valence-electron chi connectivity index (χ0n) is 11.9. The zero-order chi connectivity index (χ0) is 13.1. The van der Waals surface area contributed by atoms with Gasteiger partial charge >= 0.3 is 0 Å². The summed E-state index contributed by atoms with van der Waals surface area (Å²) in [6.45, 7) is 10.1. The van der Waals surface area contributed by atoms with Crippen molar-refractivity contribution in [3.63, 3.8) is 0 Å². The molecule has 1 aliphatic rings. The first kappa shape index (κ1) is 13.4. The SMILES string of the molecule is Cc1cc(CCN)ccc1N1CCC(C(C)C)C1. The van der Waals surface area contributed by atoms with Crippen LogP contribution >= 0.6 is 0 Å². The molecule has 1 saturated heterocycles. The Kier molecular flexibility index (Phi) is 4.28. The topological polar surface area (TPSA) is 29.3 Å². The summed E-state index contributed by atoms with van der Waals surface area (Å²) in [5.74, 6) is 1.65. The molecule has 0 aliphatic carbocycles. The van der Waals surface area contributed by atoms with Crippen LogP contribution in [0.2, 0.25) is 0 Å². The fraction of sp³-hybridized carbons (Fsp3) is 0.625. The van der Waals surface area contributed by atoms with Crippen molar-refractivity contribution in [2.75, 3.05) is 24.5 Å². The molecule has 0 bridgehead atoms. The van der Waals surface area contributed by atoms with Gasteiger partial charge in [0.2, 0.25) is 0 Å². The molecule has 18 heavy (non-hydrogen) atoms. The van der Waals surface area contributed by atoms with Gasteiger partial charge in [-0.25, -0.2) is 0 Å². The lowest BCUT2D eigenvalue weighted by Gasteiger charge is -2.22. The first-order valence-electron chi connectivity index (χ1n) is 7.16. The van der Waals surface area contributed by atoms with Gasteiger partial charge in [0.05, 0.1) is 0 Å². The molecule has 0 radical (unpaired) electrons. The highest BCUT2D eigenvalue weighted by atomic mass is 15.2. The van der Waals surface area contributed by atoms with E-state index < -0.39 is 0 Å². The fourth-order valence-electron chi connectivity index (χ4n) is 2.94. The Balaban J connectivity index is 2.10. The molecule has 0 saturated carbocycles. The van der Waals surface area contributed by atoms with Gasteiger partial charge in [0, 0.05) is 18.8 Å². The third kappa shape index (κ3) is 2.86. The van der Waals surface area contributed by atoms with E-state index in [2.05, 4.69) is 43.9 Å². The van der Waals surface area contributed by atoms with Crippen molar-refractivity contribution < 1.29 is 0 Å². The van der Waals surface area contributed by atoms with Crippen LogP contribution < -0.4 is 10.6 Å². The van der Waals surface area contributed by atoms with Crippen molar-refractivity contribution in [3.05, 3.63) is 29.3 Å². The molecule has 1 aromatic rings. The van der Waals surface area contributed by atoms with Crippen LogP contribution in [0.3, 0.4) is 0 Å². The van der Waals surface area contributed by atoms with Gasteiger partial charge in [-0.2, -0.15) is 0 Å². The zero-order valence-corrected chi connectivity index (χ0v) is 11.9. The normalized spacial score (nSPS) is 19.8. The predicted molar refractivity (Wildman–Crippen MR) is 79.1 cm³/mol. The summed E-state index contributed by atoms with van der Waals surface area (Å²) in [6, 6.07) is 6.81. The van der Waals surface area contributed by atoms with Gasteiger partial charge in [0.25, 0.3) is 0 Å². The van der Waals surface area contributed by atoms with Crippen molar-refractivity contribution in [3.8, 4) is 0 Å². The van der Waals surface area contributed by atoms with Gasteiger partial charge in [-0.05, 0) is 55.3 Å². The molecule has 0 aromatic heterocycles. The third-order valence-corrected chi connectivity index (χ3v) is 4.20. The molecule has 2 rings (SSSR count). The molecule has 1 heterocycles. The monoisotopic (exact) mass is 246 g/mol. The molecule has 2 heteroatoms. The van der Waals surface area contributed by atoms with Crippen LogP contribution in [0.5, 0.6) is 0 Å². The molecule has 2 N–H and O–H groups in total. The number of nitrogens with zero attached hydrogens (tertiary/aromatic N) is 1. The number of nitrogens with two attached hydrogens (primary N) is 1. The van der Waals surface area contributed by atoms with Crippen LogP contribution in [-0.2, 0) is 6.42 Å². The van der Waals surface area contributed by atoms with Gasteiger partial charge in [-0.1, -0.05) is 26.0 Å². The standard InChI is InChI=1S/C16H26N2/c1-12(2)15-7-9-18(11-15)16-5-4-14(6-8-17)10-13(16)3/h4-5,10,12,15H,6-9,11,17H2,1-3H3. The predicted octanol–water partition coefficient (Wildman–Crippen LogP) is 2.98. The average Bonchev–Trinajstić information content (AvgIpc) is 2.79. The van der Waals surface area contributed by atoms with E-state index in [9.17, 15) is 0 Å². The number of hydrogen-bond acceptors (Lipinski definition) is 2. The minimum absolute atomic E-state index is 0.734. The second-order valence-corrected chi connectivity index (χ2v) is 5.90. The molecule has 1 aromatic carbocycles. The largest absolute Gasteiger partial charge is 0.371 e. The molecule has 0 spiro atoms. The summed E-state index contributed by atoms with van der Waals surface area (Å²) < 4.78 is 0. The summed E-state index contributed by atoms with van der Waals surface area (Å²) in [4.78, 5) is 2.55. The molecule has 1 atom stereocenters. The molecule has 1 fully saturated rings. The van der Waals surface area contributed by atoms with Crippen molar-refractivity contribution in [2.24, 2.45) is 17.6 Å². The summed E-state index contributed by atoms with van der Waals surface area (Å²) in [7, 11) is 0. The molecule has 1 unspecified atom stereocenters. The highest BCUT2D eigenvalue weighted by molar-refractivity contribution is 5.55. The Hall–Kier alpha value is -1.02. The lowest BCUT2D eigenvalue weighted by molar-refractivity contribution is 0.422. The Labute approximate surface area is 111 Å². The maximum atomic E-state index is 5.61. The molecule has 100 valence electrons. The highest BCUT2D eigenvalue weighted by Gasteiger charge is 2.25. The second kappa shape index (κ2) is 5.75. The molecule has 0 amide bonds. The summed E-state index contributed by atoms with van der Waals surface area (Å²) in [5, 5.41) is 0. The van der Waals surface area contributed by atoms with Crippen LogP contribution in [0.15, 0.2) is 18.2 Å². The summed E-state index contributed by atoms with van der Waals surface area (Å²) >= 11 is 0. The van der Waals surface area contributed by atoms with Gasteiger partial charge in [-0.15, -0.1) is 0 Å². The average molecular weight is 246 g/mol. The number of anilines is 1. The van der Waals surface area contributed by atoms with E-state index in [0.29, 0.717) is 0 Å². The van der Waals surface area contributed by atoms with Crippen LogP contribution in [0.1, 0.15) is 31.4 Å². The number of aryl methyl sites for hydroxylation is 1. The lowest BCUT2D eigenvalue weighted by Crippen LogP contribution is -2.22. The van der Waals surface area contributed by atoms with E-state index in [4.69, 9.17) is 5.73 Å². The molecule has 1 aliphatic heterocycles. The fourth-order valence-corrected chi connectivity index (χ4v) is 2.94. The van der Waals surface area contributed by atoms with E-state index in [0.717, 1.165) is 24.8 Å². The van der Waals surface area contributed by atoms with Crippen LogP contribution in [0.25, 0.3) is 0 Å². The maximum absolute atomic E-state index is 5.61. The Bertz CT molecular complexity index is 398. The summed E-state index contributed by atoms with van der Waals surface area (Å²) in [5.41, 5.74) is 9.78. The number of hydrogen-bond donors (Lipinski definition) is 1. The number of benzene rings is 1. The molecular formula is C16H26N2. The van der Waals surface area contributed by atoms with Gasteiger partial charge in [0.1, 0.15) is 0 Å². The van der Waals surface area contributed by atoms with E-state index in [1.165, 1.54) is 36.3 Å². The quantitative estimate of drug-likeness (QED) is 0.885. The van der Waals surface area contributed by atoms with Gasteiger partial charge < -0.3 is 10.6 Å². The minimum atomic E-state index is 0.734. The molecule has 2 nitrogen and oxygen atoms in total. The summed E-state index contributed by atoms with van der Waals surface area (Å²) in [6.07, 6.45) is 2.32.